The lowest BCUT2D eigenvalue weighted by Gasteiger charge is -2.26. The van der Waals surface area contributed by atoms with Gasteiger partial charge in [-0.2, -0.15) is 0 Å². The molecule has 0 aliphatic carbocycles. The fourth-order valence-corrected chi connectivity index (χ4v) is 3.21. The zero-order valence-corrected chi connectivity index (χ0v) is 13.4. The van der Waals surface area contributed by atoms with Gasteiger partial charge in [0.1, 0.15) is 5.82 Å². The molecular weight excluding hydrogens is 258 g/mol. The van der Waals surface area contributed by atoms with Crippen LogP contribution in [0.4, 0.5) is 0 Å². The van der Waals surface area contributed by atoms with Crippen LogP contribution in [0.25, 0.3) is 11.0 Å². The summed E-state index contributed by atoms with van der Waals surface area (Å²) < 4.78 is 2.46. The lowest BCUT2D eigenvalue weighted by molar-refractivity contribution is 0.212. The Labute approximate surface area is 128 Å². The summed E-state index contributed by atoms with van der Waals surface area (Å²) in [4.78, 5) is 7.48. The van der Waals surface area contributed by atoms with E-state index in [1.807, 2.05) is 0 Å². The van der Waals surface area contributed by atoms with Gasteiger partial charge in [-0.05, 0) is 44.0 Å². The molecule has 1 saturated heterocycles. The highest BCUT2D eigenvalue weighted by Crippen LogP contribution is 2.21. The topological polar surface area (TPSA) is 21.1 Å². The number of likely N-dealkylation sites (tertiary alicyclic amines) is 1. The number of piperidine rings is 1. The van der Waals surface area contributed by atoms with Gasteiger partial charge in [0.15, 0.2) is 0 Å². The van der Waals surface area contributed by atoms with Gasteiger partial charge >= 0.3 is 0 Å². The maximum atomic E-state index is 4.92. The molecule has 1 aliphatic rings. The number of hydrogen-bond donors (Lipinski definition) is 0. The number of aromatic nitrogens is 2. The Morgan fingerprint density at radius 1 is 1.14 bits per heavy atom. The number of fused-ring (bicyclic) bond motifs is 1. The minimum atomic E-state index is 0.697. The molecule has 2 aromatic rings. The predicted octanol–water partition coefficient (Wildman–Crippen LogP) is 4.07. The smallest absolute Gasteiger partial charge is 0.124 e. The van der Waals surface area contributed by atoms with Crippen molar-refractivity contribution in [3.05, 3.63) is 30.1 Å². The van der Waals surface area contributed by atoms with Crippen LogP contribution >= 0.6 is 0 Å². The van der Waals surface area contributed by atoms with E-state index in [1.54, 1.807) is 0 Å². The van der Waals surface area contributed by atoms with E-state index < -0.39 is 0 Å². The lowest BCUT2D eigenvalue weighted by atomic mass is 10.1. The van der Waals surface area contributed by atoms with Gasteiger partial charge in [-0.3, -0.25) is 4.90 Å². The second-order valence-electron chi connectivity index (χ2n) is 6.48. The molecule has 0 bridgehead atoms. The quantitative estimate of drug-likeness (QED) is 0.825. The molecule has 1 atom stereocenters. The molecule has 1 aromatic heterocycles. The average molecular weight is 285 g/mol. The van der Waals surface area contributed by atoms with Gasteiger partial charge in [0, 0.05) is 6.54 Å². The summed E-state index contributed by atoms with van der Waals surface area (Å²) in [5.41, 5.74) is 2.44. The Balaban J connectivity index is 1.89. The Morgan fingerprint density at radius 2 is 1.90 bits per heavy atom. The molecule has 0 radical (unpaired) electrons. The van der Waals surface area contributed by atoms with Crippen LogP contribution in [0.2, 0.25) is 0 Å². The highest BCUT2D eigenvalue weighted by Gasteiger charge is 2.17. The third kappa shape index (κ3) is 3.29. The summed E-state index contributed by atoms with van der Waals surface area (Å²) in [6, 6.07) is 8.57. The number of rotatable bonds is 5. The Morgan fingerprint density at radius 3 is 2.67 bits per heavy atom. The van der Waals surface area contributed by atoms with Crippen molar-refractivity contribution >= 4 is 11.0 Å². The summed E-state index contributed by atoms with van der Waals surface area (Å²) in [7, 11) is 0. The molecule has 0 unspecified atom stereocenters. The molecule has 1 aliphatic heterocycles. The average Bonchev–Trinajstić information content (AvgIpc) is 2.86. The molecular formula is C18H27N3. The van der Waals surface area contributed by atoms with E-state index in [0.717, 1.165) is 18.6 Å². The van der Waals surface area contributed by atoms with E-state index in [0.29, 0.717) is 5.92 Å². The van der Waals surface area contributed by atoms with Crippen molar-refractivity contribution in [2.75, 3.05) is 13.1 Å². The first-order valence-electron chi connectivity index (χ1n) is 8.44. The SMILES string of the molecule is CC[C@H](C)Cn1c(CN2CCCCC2)nc2ccccc21. The van der Waals surface area contributed by atoms with E-state index in [4.69, 9.17) is 4.98 Å². The standard InChI is InChI=1S/C18H27N3/c1-3-15(2)13-21-17-10-6-5-9-16(17)19-18(21)14-20-11-7-4-8-12-20/h5-6,9-10,15H,3-4,7-8,11-14H2,1-2H3/t15-/m0/s1. The number of hydrogen-bond acceptors (Lipinski definition) is 2. The van der Waals surface area contributed by atoms with Crippen LogP contribution in [0.1, 0.15) is 45.4 Å². The van der Waals surface area contributed by atoms with Crippen molar-refractivity contribution in [3.63, 3.8) is 0 Å². The maximum absolute atomic E-state index is 4.92. The summed E-state index contributed by atoms with van der Waals surface area (Å²) in [6.07, 6.45) is 5.28. The highest BCUT2D eigenvalue weighted by molar-refractivity contribution is 5.75. The number of benzene rings is 1. The number of nitrogens with zero attached hydrogens (tertiary/aromatic N) is 3. The molecule has 3 nitrogen and oxygen atoms in total. The van der Waals surface area contributed by atoms with Gasteiger partial charge in [-0.25, -0.2) is 4.98 Å². The minimum Gasteiger partial charge on any atom is -0.327 e. The Kier molecular flexibility index (Phi) is 4.59. The van der Waals surface area contributed by atoms with Gasteiger partial charge in [-0.1, -0.05) is 38.8 Å². The highest BCUT2D eigenvalue weighted by atomic mass is 15.2. The summed E-state index contributed by atoms with van der Waals surface area (Å²) in [5.74, 6) is 1.95. The van der Waals surface area contributed by atoms with Crippen LogP contribution in [0.3, 0.4) is 0 Å². The van der Waals surface area contributed by atoms with Crippen molar-refractivity contribution in [1.29, 1.82) is 0 Å². The fraction of sp³-hybridized carbons (Fsp3) is 0.611. The van der Waals surface area contributed by atoms with Crippen molar-refractivity contribution in [2.24, 2.45) is 5.92 Å². The van der Waals surface area contributed by atoms with E-state index in [2.05, 4.69) is 47.6 Å². The van der Waals surface area contributed by atoms with Gasteiger partial charge in [0.25, 0.3) is 0 Å². The molecule has 1 aromatic carbocycles. The first-order valence-corrected chi connectivity index (χ1v) is 8.44. The van der Waals surface area contributed by atoms with Crippen LogP contribution < -0.4 is 0 Å². The normalized spacial score (nSPS) is 18.2. The molecule has 21 heavy (non-hydrogen) atoms. The van der Waals surface area contributed by atoms with E-state index >= 15 is 0 Å². The molecule has 0 amide bonds. The third-order valence-electron chi connectivity index (χ3n) is 4.74. The fourth-order valence-electron chi connectivity index (χ4n) is 3.21. The first-order chi connectivity index (χ1) is 10.3. The van der Waals surface area contributed by atoms with Gasteiger partial charge in [-0.15, -0.1) is 0 Å². The molecule has 0 N–H and O–H groups in total. The zero-order chi connectivity index (χ0) is 14.7. The van der Waals surface area contributed by atoms with Crippen molar-refractivity contribution in [2.45, 2.75) is 52.6 Å². The van der Waals surface area contributed by atoms with E-state index in [9.17, 15) is 0 Å². The second kappa shape index (κ2) is 6.61. The van der Waals surface area contributed by atoms with Crippen LogP contribution in [0, 0.1) is 5.92 Å². The van der Waals surface area contributed by atoms with Crippen molar-refractivity contribution < 1.29 is 0 Å². The summed E-state index contributed by atoms with van der Waals surface area (Å²) >= 11 is 0. The summed E-state index contributed by atoms with van der Waals surface area (Å²) in [5, 5.41) is 0. The molecule has 3 rings (SSSR count). The molecule has 114 valence electrons. The third-order valence-corrected chi connectivity index (χ3v) is 4.74. The Bertz CT molecular complexity index is 581. The van der Waals surface area contributed by atoms with Crippen LogP contribution in [-0.2, 0) is 13.1 Å². The minimum absolute atomic E-state index is 0.697. The summed E-state index contributed by atoms with van der Waals surface area (Å²) in [6.45, 7) is 9.15. The predicted molar refractivity (Wildman–Crippen MR) is 88.3 cm³/mol. The van der Waals surface area contributed by atoms with Crippen LogP contribution in [-0.4, -0.2) is 27.5 Å². The number of imidazole rings is 1. The second-order valence-corrected chi connectivity index (χ2v) is 6.48. The molecule has 1 fully saturated rings. The lowest BCUT2D eigenvalue weighted by Crippen LogP contribution is -2.30. The van der Waals surface area contributed by atoms with E-state index in [-0.39, 0.29) is 0 Å². The molecule has 0 spiro atoms. The van der Waals surface area contributed by atoms with Gasteiger partial charge < -0.3 is 4.57 Å². The van der Waals surface area contributed by atoms with Crippen LogP contribution in [0.15, 0.2) is 24.3 Å². The van der Waals surface area contributed by atoms with Gasteiger partial charge in [0.05, 0.1) is 17.6 Å². The van der Waals surface area contributed by atoms with E-state index in [1.165, 1.54) is 50.1 Å². The number of para-hydroxylation sites is 2. The largest absolute Gasteiger partial charge is 0.327 e. The molecule has 0 saturated carbocycles. The maximum Gasteiger partial charge on any atom is 0.124 e. The van der Waals surface area contributed by atoms with Crippen LogP contribution in [0.5, 0.6) is 0 Å². The zero-order valence-electron chi connectivity index (χ0n) is 13.4. The molecule has 2 heterocycles. The monoisotopic (exact) mass is 285 g/mol. The van der Waals surface area contributed by atoms with Crippen molar-refractivity contribution in [1.82, 2.24) is 14.5 Å². The van der Waals surface area contributed by atoms with Crippen molar-refractivity contribution in [3.8, 4) is 0 Å². The first kappa shape index (κ1) is 14.6. The Hall–Kier alpha value is -1.35. The van der Waals surface area contributed by atoms with Gasteiger partial charge in [0.2, 0.25) is 0 Å². The molecule has 3 heteroatoms.